The predicted molar refractivity (Wildman–Crippen MR) is 63.2 cm³/mol. The Morgan fingerprint density at radius 2 is 2.20 bits per heavy atom. The van der Waals surface area contributed by atoms with Crippen molar-refractivity contribution in [1.82, 2.24) is 4.37 Å². The zero-order valence-corrected chi connectivity index (χ0v) is 9.97. The van der Waals surface area contributed by atoms with Gasteiger partial charge in [0.1, 0.15) is 10.6 Å². The number of amides is 1. The van der Waals surface area contributed by atoms with Crippen molar-refractivity contribution in [3.05, 3.63) is 5.56 Å². The van der Waals surface area contributed by atoms with Crippen LogP contribution in [0.1, 0.15) is 24.2 Å². The molecular weight excluding hydrogens is 212 g/mol. The second-order valence-corrected chi connectivity index (χ2v) is 4.64. The number of nitrogen functional groups attached to an aromatic ring is 1. The Labute approximate surface area is 93.2 Å². The molecule has 0 saturated heterocycles. The molecule has 0 bridgehead atoms. The molecule has 0 aliphatic rings. The topological polar surface area (TPSA) is 85.2 Å². The second-order valence-electron chi connectivity index (χ2n) is 3.89. The van der Waals surface area contributed by atoms with Crippen molar-refractivity contribution in [2.24, 2.45) is 11.7 Å². The van der Waals surface area contributed by atoms with Crippen LogP contribution < -0.4 is 16.4 Å². The van der Waals surface area contributed by atoms with Crippen molar-refractivity contribution in [2.45, 2.75) is 13.8 Å². The first-order chi connectivity index (χ1) is 6.93. The third-order valence-corrected chi connectivity index (χ3v) is 2.91. The highest BCUT2D eigenvalue weighted by molar-refractivity contribution is 7.11. The number of rotatable bonds is 4. The van der Waals surface area contributed by atoms with Crippen LogP contribution in [0.5, 0.6) is 0 Å². The fourth-order valence-electron chi connectivity index (χ4n) is 1.42. The maximum atomic E-state index is 11.2. The fraction of sp³-hybridized carbons (Fsp3) is 0.556. The van der Waals surface area contributed by atoms with Crippen molar-refractivity contribution < 1.29 is 4.79 Å². The molecule has 1 amide bonds. The number of anilines is 2. The van der Waals surface area contributed by atoms with Crippen LogP contribution in [-0.2, 0) is 0 Å². The lowest BCUT2D eigenvalue weighted by atomic mass is 10.2. The highest BCUT2D eigenvalue weighted by atomic mass is 32.1. The Bertz CT molecular complexity index is 361. The molecule has 0 atom stereocenters. The van der Waals surface area contributed by atoms with E-state index in [-0.39, 0.29) is 5.82 Å². The summed E-state index contributed by atoms with van der Waals surface area (Å²) in [5.41, 5.74) is 11.2. The number of carbonyl (C=O) groups excluding carboxylic acids is 1. The minimum Gasteiger partial charge on any atom is -0.382 e. The van der Waals surface area contributed by atoms with Crippen LogP contribution in [-0.4, -0.2) is 23.9 Å². The van der Waals surface area contributed by atoms with Crippen LogP contribution in [0.2, 0.25) is 0 Å². The summed E-state index contributed by atoms with van der Waals surface area (Å²) in [4.78, 5) is 13.1. The molecular formula is C9H16N4OS. The van der Waals surface area contributed by atoms with E-state index in [9.17, 15) is 4.79 Å². The van der Waals surface area contributed by atoms with Crippen LogP contribution in [0.25, 0.3) is 0 Å². The number of primary amides is 1. The fourth-order valence-corrected chi connectivity index (χ4v) is 2.20. The molecule has 0 aliphatic carbocycles. The van der Waals surface area contributed by atoms with Gasteiger partial charge < -0.3 is 16.4 Å². The van der Waals surface area contributed by atoms with E-state index < -0.39 is 5.91 Å². The molecule has 0 fully saturated rings. The second kappa shape index (κ2) is 4.48. The molecule has 0 aliphatic heterocycles. The van der Waals surface area contributed by atoms with Crippen LogP contribution in [0.4, 0.5) is 10.8 Å². The summed E-state index contributed by atoms with van der Waals surface area (Å²) in [5, 5.41) is 0.744. The minimum absolute atomic E-state index is 0.220. The van der Waals surface area contributed by atoms with E-state index in [1.54, 1.807) is 0 Å². The SMILES string of the molecule is CC(C)CN(C)c1snc(N)c1C(N)=O. The molecule has 0 spiro atoms. The molecule has 1 aromatic heterocycles. The summed E-state index contributed by atoms with van der Waals surface area (Å²) in [6, 6.07) is 0. The number of aromatic nitrogens is 1. The standard InChI is InChI=1S/C9H16N4OS/c1-5(2)4-13(3)9-6(8(11)14)7(10)12-15-9/h5H,4H2,1-3H3,(H2,10,12)(H2,11,14). The molecule has 1 heterocycles. The largest absolute Gasteiger partial charge is 0.382 e. The van der Waals surface area contributed by atoms with Gasteiger partial charge >= 0.3 is 0 Å². The van der Waals surface area contributed by atoms with E-state index in [0.29, 0.717) is 11.5 Å². The quantitative estimate of drug-likeness (QED) is 0.802. The third kappa shape index (κ3) is 2.59. The molecule has 84 valence electrons. The van der Waals surface area contributed by atoms with Crippen molar-refractivity contribution in [2.75, 3.05) is 24.2 Å². The van der Waals surface area contributed by atoms with Crippen molar-refractivity contribution >= 4 is 28.3 Å². The summed E-state index contributed by atoms with van der Waals surface area (Å²) in [5.74, 6) is 0.198. The van der Waals surface area contributed by atoms with Gasteiger partial charge in [0.15, 0.2) is 5.82 Å². The normalized spacial score (nSPS) is 10.7. The molecule has 6 heteroatoms. The van der Waals surface area contributed by atoms with Gasteiger partial charge in [-0.05, 0) is 17.5 Å². The highest BCUT2D eigenvalue weighted by Crippen LogP contribution is 2.29. The predicted octanol–water partition coefficient (Wildman–Crippen LogP) is 0.916. The first-order valence-corrected chi connectivity index (χ1v) is 5.47. The maximum absolute atomic E-state index is 11.2. The van der Waals surface area contributed by atoms with Crippen molar-refractivity contribution in [3.63, 3.8) is 0 Å². The monoisotopic (exact) mass is 228 g/mol. The maximum Gasteiger partial charge on any atom is 0.255 e. The van der Waals surface area contributed by atoms with Gasteiger partial charge in [-0.3, -0.25) is 4.79 Å². The van der Waals surface area contributed by atoms with E-state index in [1.165, 1.54) is 11.5 Å². The number of nitrogens with two attached hydrogens (primary N) is 2. The lowest BCUT2D eigenvalue weighted by molar-refractivity contribution is 0.100. The van der Waals surface area contributed by atoms with Gasteiger partial charge in [-0.2, -0.15) is 4.37 Å². The number of nitrogens with zero attached hydrogens (tertiary/aromatic N) is 2. The number of hydrogen-bond donors (Lipinski definition) is 2. The molecule has 1 rings (SSSR count). The van der Waals surface area contributed by atoms with Crippen LogP contribution in [0.3, 0.4) is 0 Å². The number of hydrogen-bond acceptors (Lipinski definition) is 5. The molecule has 5 nitrogen and oxygen atoms in total. The van der Waals surface area contributed by atoms with Crippen molar-refractivity contribution in [1.29, 1.82) is 0 Å². The van der Waals surface area contributed by atoms with E-state index in [0.717, 1.165) is 11.5 Å². The van der Waals surface area contributed by atoms with Crippen LogP contribution in [0, 0.1) is 5.92 Å². The average molecular weight is 228 g/mol. The smallest absolute Gasteiger partial charge is 0.255 e. The van der Waals surface area contributed by atoms with Gasteiger partial charge in [0.25, 0.3) is 5.91 Å². The summed E-state index contributed by atoms with van der Waals surface area (Å²) < 4.78 is 3.94. The Balaban J connectivity index is 2.98. The molecule has 0 saturated carbocycles. The first kappa shape index (κ1) is 11.8. The first-order valence-electron chi connectivity index (χ1n) is 4.69. The lowest BCUT2D eigenvalue weighted by Gasteiger charge is -2.19. The zero-order chi connectivity index (χ0) is 11.6. The Hall–Kier alpha value is -1.30. The zero-order valence-electron chi connectivity index (χ0n) is 9.15. The van der Waals surface area contributed by atoms with E-state index >= 15 is 0 Å². The van der Waals surface area contributed by atoms with Crippen LogP contribution in [0.15, 0.2) is 0 Å². The summed E-state index contributed by atoms with van der Waals surface area (Å²) >= 11 is 1.20. The van der Waals surface area contributed by atoms with Gasteiger partial charge in [-0.25, -0.2) is 0 Å². The molecule has 1 aromatic rings. The minimum atomic E-state index is -0.521. The van der Waals surface area contributed by atoms with Gasteiger partial charge in [0.2, 0.25) is 0 Å². The van der Waals surface area contributed by atoms with Crippen molar-refractivity contribution in [3.8, 4) is 0 Å². The number of carbonyl (C=O) groups is 1. The Kier molecular flexibility index (Phi) is 3.52. The van der Waals surface area contributed by atoms with Gasteiger partial charge in [-0.15, -0.1) is 0 Å². The average Bonchev–Trinajstić information content (AvgIpc) is 2.45. The molecule has 0 unspecified atom stereocenters. The summed E-state index contributed by atoms with van der Waals surface area (Å²) in [6.45, 7) is 5.04. The Morgan fingerprint density at radius 3 is 2.67 bits per heavy atom. The van der Waals surface area contributed by atoms with Gasteiger partial charge in [0, 0.05) is 13.6 Å². The molecule has 0 radical (unpaired) electrons. The van der Waals surface area contributed by atoms with Gasteiger partial charge in [-0.1, -0.05) is 13.8 Å². The Morgan fingerprint density at radius 1 is 1.60 bits per heavy atom. The summed E-state index contributed by atoms with van der Waals surface area (Å²) in [7, 11) is 1.90. The highest BCUT2D eigenvalue weighted by Gasteiger charge is 2.19. The lowest BCUT2D eigenvalue weighted by Crippen LogP contribution is -2.25. The van der Waals surface area contributed by atoms with E-state index in [1.807, 2.05) is 11.9 Å². The molecule has 15 heavy (non-hydrogen) atoms. The van der Waals surface area contributed by atoms with Crippen LogP contribution >= 0.6 is 11.5 Å². The summed E-state index contributed by atoms with van der Waals surface area (Å²) in [6.07, 6.45) is 0. The molecule has 0 aromatic carbocycles. The third-order valence-electron chi connectivity index (χ3n) is 1.93. The van der Waals surface area contributed by atoms with Gasteiger partial charge in [0.05, 0.1) is 0 Å². The molecule has 4 N–H and O–H groups in total. The van der Waals surface area contributed by atoms with E-state index in [4.69, 9.17) is 11.5 Å². The van der Waals surface area contributed by atoms with E-state index in [2.05, 4.69) is 18.2 Å².